The van der Waals surface area contributed by atoms with Gasteiger partial charge in [0.15, 0.2) is 5.82 Å². The Morgan fingerprint density at radius 3 is 2.12 bits per heavy atom. The summed E-state index contributed by atoms with van der Waals surface area (Å²) < 4.78 is 0. The summed E-state index contributed by atoms with van der Waals surface area (Å²) in [5.74, 6) is 0.734. The van der Waals surface area contributed by atoms with Gasteiger partial charge in [0.25, 0.3) is 0 Å². The van der Waals surface area contributed by atoms with Gasteiger partial charge in [-0.15, -0.1) is 10.2 Å². The van der Waals surface area contributed by atoms with Crippen molar-refractivity contribution in [3.63, 3.8) is 0 Å². The molecule has 0 bridgehead atoms. The minimum absolute atomic E-state index is 0.734. The van der Waals surface area contributed by atoms with E-state index < -0.39 is 0 Å². The average Bonchev–Trinajstić information content (AvgIpc) is 2.91. The van der Waals surface area contributed by atoms with Crippen molar-refractivity contribution in [1.82, 2.24) is 20.2 Å². The van der Waals surface area contributed by atoms with E-state index in [2.05, 4.69) is 67.9 Å². The zero-order valence-corrected chi connectivity index (χ0v) is 18.9. The van der Waals surface area contributed by atoms with Gasteiger partial charge >= 0.3 is 0 Å². The minimum Gasteiger partial charge on any atom is -0.338 e. The minimum atomic E-state index is 0.734. The van der Waals surface area contributed by atoms with Crippen LogP contribution in [0.15, 0.2) is 119 Å². The number of nitrogens with one attached hydrogen (secondary N) is 1. The average molecular weight is 458 g/mol. The van der Waals surface area contributed by atoms with Gasteiger partial charge in [-0.05, 0) is 30.3 Å². The van der Waals surface area contributed by atoms with E-state index in [9.17, 15) is 0 Å². The molecule has 0 atom stereocenters. The Balaban J connectivity index is 1.28. The lowest BCUT2D eigenvalue weighted by atomic mass is 10.0. The summed E-state index contributed by atoms with van der Waals surface area (Å²) in [7, 11) is 0. The molecule has 5 nitrogen and oxygen atoms in total. The Labute approximate surface area is 200 Å². The highest BCUT2D eigenvalue weighted by Gasteiger charge is 2.11. The number of anilines is 2. The lowest BCUT2D eigenvalue weighted by Crippen LogP contribution is -1.99. The van der Waals surface area contributed by atoms with E-state index in [1.165, 1.54) is 0 Å². The summed E-state index contributed by atoms with van der Waals surface area (Å²) in [5.41, 5.74) is 3.83. The summed E-state index contributed by atoms with van der Waals surface area (Å²) in [6, 6.07) is 34.7. The third-order valence-electron chi connectivity index (χ3n) is 5.57. The molecule has 34 heavy (non-hydrogen) atoms. The third kappa shape index (κ3) is 3.95. The summed E-state index contributed by atoms with van der Waals surface area (Å²) >= 11 is 1.63. The molecule has 6 heteroatoms. The number of fused-ring (bicyclic) bond motifs is 2. The number of nitrogens with zero attached hydrogens (tertiary/aromatic N) is 4. The second kappa shape index (κ2) is 8.92. The van der Waals surface area contributed by atoms with E-state index in [4.69, 9.17) is 0 Å². The fourth-order valence-electron chi connectivity index (χ4n) is 3.92. The van der Waals surface area contributed by atoms with Crippen molar-refractivity contribution in [2.75, 3.05) is 5.32 Å². The molecule has 0 saturated carbocycles. The van der Waals surface area contributed by atoms with E-state index >= 15 is 0 Å². The van der Waals surface area contributed by atoms with Gasteiger partial charge in [-0.2, -0.15) is 0 Å². The van der Waals surface area contributed by atoms with E-state index in [0.717, 1.165) is 54.4 Å². The second-order valence-electron chi connectivity index (χ2n) is 7.76. The summed E-state index contributed by atoms with van der Waals surface area (Å²) in [6.45, 7) is 0. The molecule has 0 saturated heterocycles. The van der Waals surface area contributed by atoms with Gasteiger partial charge in [0.05, 0.1) is 5.52 Å². The highest BCUT2D eigenvalue weighted by Crippen LogP contribution is 2.33. The van der Waals surface area contributed by atoms with Crippen molar-refractivity contribution >= 4 is 44.9 Å². The monoisotopic (exact) mass is 457 g/mol. The Bertz CT molecular complexity index is 1600. The van der Waals surface area contributed by atoms with Gasteiger partial charge in [0, 0.05) is 32.3 Å². The highest BCUT2D eigenvalue weighted by atomic mass is 32.2. The van der Waals surface area contributed by atoms with Crippen molar-refractivity contribution < 1.29 is 0 Å². The van der Waals surface area contributed by atoms with Crippen molar-refractivity contribution in [3.8, 4) is 11.3 Å². The first-order valence-corrected chi connectivity index (χ1v) is 11.7. The number of aromatic nitrogens is 4. The van der Waals surface area contributed by atoms with E-state index in [1.54, 1.807) is 18.1 Å². The van der Waals surface area contributed by atoms with Crippen LogP contribution in [0, 0.1) is 0 Å². The fourth-order valence-corrected chi connectivity index (χ4v) is 4.80. The van der Waals surface area contributed by atoms with Crippen molar-refractivity contribution in [2.45, 2.75) is 9.92 Å². The third-order valence-corrected chi connectivity index (χ3v) is 6.60. The van der Waals surface area contributed by atoms with Gasteiger partial charge in [-0.1, -0.05) is 84.6 Å². The van der Waals surface area contributed by atoms with Gasteiger partial charge in [-0.3, -0.25) is 0 Å². The maximum Gasteiger partial charge on any atom is 0.161 e. The molecule has 162 valence electrons. The van der Waals surface area contributed by atoms with Crippen LogP contribution in [0.5, 0.6) is 0 Å². The smallest absolute Gasteiger partial charge is 0.161 e. The first kappa shape index (κ1) is 20.3. The van der Waals surface area contributed by atoms with E-state index in [1.807, 2.05) is 60.7 Å². The van der Waals surface area contributed by atoms with Gasteiger partial charge in [0.2, 0.25) is 0 Å². The lowest BCUT2D eigenvalue weighted by molar-refractivity contribution is 1.06. The van der Waals surface area contributed by atoms with Crippen molar-refractivity contribution in [1.29, 1.82) is 0 Å². The van der Waals surface area contributed by atoms with Crippen LogP contribution in [0.3, 0.4) is 0 Å². The maximum absolute atomic E-state index is 4.54. The largest absolute Gasteiger partial charge is 0.338 e. The molecule has 6 aromatic rings. The van der Waals surface area contributed by atoms with Crippen LogP contribution in [-0.2, 0) is 0 Å². The molecule has 0 amide bonds. The normalized spacial score (nSPS) is 11.1. The Morgan fingerprint density at radius 2 is 1.29 bits per heavy atom. The van der Waals surface area contributed by atoms with Gasteiger partial charge in [0.1, 0.15) is 17.0 Å². The van der Waals surface area contributed by atoms with Crippen LogP contribution in [0.4, 0.5) is 11.5 Å². The summed E-state index contributed by atoms with van der Waals surface area (Å²) in [6.07, 6.45) is 1.61. The first-order valence-electron chi connectivity index (χ1n) is 10.9. The fraction of sp³-hybridized carbons (Fsp3) is 0. The van der Waals surface area contributed by atoms with E-state index in [-0.39, 0.29) is 0 Å². The molecular weight excluding hydrogens is 438 g/mol. The van der Waals surface area contributed by atoms with Crippen LogP contribution in [0.2, 0.25) is 0 Å². The molecule has 6 rings (SSSR count). The zero-order chi connectivity index (χ0) is 22.7. The molecule has 0 aliphatic rings. The van der Waals surface area contributed by atoms with Crippen LogP contribution < -0.4 is 5.32 Å². The second-order valence-corrected chi connectivity index (χ2v) is 8.82. The summed E-state index contributed by atoms with van der Waals surface area (Å²) in [4.78, 5) is 9.93. The molecule has 1 N–H and O–H groups in total. The number of hydrogen-bond donors (Lipinski definition) is 1. The molecule has 2 heterocycles. The topological polar surface area (TPSA) is 63.6 Å². The number of rotatable bonds is 5. The first-order chi connectivity index (χ1) is 16.8. The van der Waals surface area contributed by atoms with Crippen LogP contribution in [0.25, 0.3) is 32.9 Å². The molecule has 0 unspecified atom stereocenters. The number of benzene rings is 4. The Hall–Kier alpha value is -4.29. The van der Waals surface area contributed by atoms with Crippen molar-refractivity contribution in [3.05, 3.63) is 109 Å². The molecule has 0 radical (unpaired) electrons. The molecule has 0 aliphatic carbocycles. The molecule has 4 aromatic carbocycles. The van der Waals surface area contributed by atoms with Crippen LogP contribution in [-0.4, -0.2) is 20.2 Å². The van der Waals surface area contributed by atoms with Crippen molar-refractivity contribution in [2.24, 2.45) is 0 Å². The highest BCUT2D eigenvalue weighted by molar-refractivity contribution is 7.99. The number of para-hydroxylation sites is 1. The SMILES string of the molecule is c1ccc(-c2nnc(Nc3ccc(Sc4ncnc5ccccc45)cc3)c3ccccc23)cc1. The zero-order valence-electron chi connectivity index (χ0n) is 18.1. The van der Waals surface area contributed by atoms with Crippen LogP contribution >= 0.6 is 11.8 Å². The van der Waals surface area contributed by atoms with E-state index in [0.29, 0.717) is 0 Å². The molecular formula is C28H19N5S. The van der Waals surface area contributed by atoms with Crippen LogP contribution in [0.1, 0.15) is 0 Å². The molecule has 0 aliphatic heterocycles. The lowest BCUT2D eigenvalue weighted by Gasteiger charge is -2.12. The predicted molar refractivity (Wildman–Crippen MR) is 138 cm³/mol. The molecule has 0 spiro atoms. The summed E-state index contributed by atoms with van der Waals surface area (Å²) in [5, 5.41) is 16.6. The molecule has 2 aromatic heterocycles. The molecule has 0 fully saturated rings. The predicted octanol–water partition coefficient (Wildman–Crippen LogP) is 7.13. The van der Waals surface area contributed by atoms with Gasteiger partial charge < -0.3 is 5.32 Å². The maximum atomic E-state index is 4.54. The standard InChI is InChI=1S/C28H19N5S/c1-2-8-19(9-3-1)26-22-10-4-5-11-23(22)27(33-32-26)31-20-14-16-21(17-15-20)34-28-24-12-6-7-13-25(24)29-18-30-28/h1-18H,(H,31,33). The Morgan fingerprint density at radius 1 is 0.588 bits per heavy atom. The number of hydrogen-bond acceptors (Lipinski definition) is 6. The quantitative estimate of drug-likeness (QED) is 0.278. The Kier molecular flexibility index (Phi) is 5.33. The van der Waals surface area contributed by atoms with Gasteiger partial charge in [-0.25, -0.2) is 9.97 Å².